The summed E-state index contributed by atoms with van der Waals surface area (Å²) in [4.78, 5) is 36.9. The van der Waals surface area contributed by atoms with Gasteiger partial charge in [0.25, 0.3) is 11.5 Å². The minimum absolute atomic E-state index is 0.271. The molecule has 0 bridgehead atoms. The molecule has 3 heterocycles. The summed E-state index contributed by atoms with van der Waals surface area (Å²) in [6, 6.07) is 15.5. The number of benzene rings is 2. The molecular formula is C29H26N4O5S. The van der Waals surface area contributed by atoms with Crippen LogP contribution in [-0.2, 0) is 4.79 Å². The van der Waals surface area contributed by atoms with Crippen molar-refractivity contribution in [3.63, 3.8) is 0 Å². The number of thiazole rings is 1. The second-order valence-corrected chi connectivity index (χ2v) is 9.65. The maximum absolute atomic E-state index is 13.9. The van der Waals surface area contributed by atoms with Crippen LogP contribution in [0.25, 0.3) is 6.08 Å². The van der Waals surface area contributed by atoms with E-state index in [4.69, 9.17) is 14.2 Å². The number of anilines is 1. The average Bonchev–Trinajstić information content (AvgIpc) is 3.26. The zero-order valence-corrected chi connectivity index (χ0v) is 22.6. The number of para-hydroxylation sites is 1. The number of hydrogen-bond acceptors (Lipinski definition) is 8. The lowest BCUT2D eigenvalue weighted by molar-refractivity contribution is -0.113. The molecule has 1 amide bonds. The SMILES string of the molecule is COc1cc([C@@H]2C(C(=O)Nc3ccccc3)=C(C)N=c3s/c(=C\c4ccncc4)c(=O)n32)cc(OC)c1OC. The quantitative estimate of drug-likeness (QED) is 0.384. The van der Waals surface area contributed by atoms with Crippen LogP contribution >= 0.6 is 11.3 Å². The highest BCUT2D eigenvalue weighted by molar-refractivity contribution is 7.07. The first-order valence-electron chi connectivity index (χ1n) is 12.0. The third-order valence-corrected chi connectivity index (χ3v) is 7.29. The topological polar surface area (TPSA) is 104 Å². The first kappa shape index (κ1) is 25.9. The number of carbonyl (C=O) groups is 1. The molecule has 1 aliphatic heterocycles. The second-order valence-electron chi connectivity index (χ2n) is 8.64. The molecule has 198 valence electrons. The molecule has 0 saturated heterocycles. The molecule has 0 radical (unpaired) electrons. The average molecular weight is 543 g/mol. The van der Waals surface area contributed by atoms with Crippen molar-refractivity contribution in [1.82, 2.24) is 9.55 Å². The Hall–Kier alpha value is -4.70. The van der Waals surface area contributed by atoms with Gasteiger partial charge < -0.3 is 19.5 Å². The van der Waals surface area contributed by atoms with E-state index < -0.39 is 6.04 Å². The van der Waals surface area contributed by atoms with Crippen LogP contribution in [0.2, 0.25) is 0 Å². The van der Waals surface area contributed by atoms with Crippen molar-refractivity contribution in [2.24, 2.45) is 4.99 Å². The second kappa shape index (κ2) is 11.0. The number of fused-ring (bicyclic) bond motifs is 1. The molecule has 0 spiro atoms. The van der Waals surface area contributed by atoms with Gasteiger partial charge in [0.1, 0.15) is 0 Å². The fourth-order valence-electron chi connectivity index (χ4n) is 4.52. The summed E-state index contributed by atoms with van der Waals surface area (Å²) in [6.07, 6.45) is 5.12. The molecular weight excluding hydrogens is 516 g/mol. The minimum Gasteiger partial charge on any atom is -0.493 e. The van der Waals surface area contributed by atoms with Gasteiger partial charge >= 0.3 is 0 Å². The molecule has 39 heavy (non-hydrogen) atoms. The molecule has 4 aromatic rings. The number of nitrogens with zero attached hydrogens (tertiary/aromatic N) is 3. The van der Waals surface area contributed by atoms with E-state index in [1.165, 1.54) is 32.7 Å². The molecule has 1 N–H and O–H groups in total. The van der Waals surface area contributed by atoms with Gasteiger partial charge in [0, 0.05) is 18.1 Å². The van der Waals surface area contributed by atoms with Crippen molar-refractivity contribution in [3.8, 4) is 17.2 Å². The van der Waals surface area contributed by atoms with Crippen LogP contribution in [-0.4, -0.2) is 36.8 Å². The first-order chi connectivity index (χ1) is 18.9. The molecule has 0 saturated carbocycles. The van der Waals surface area contributed by atoms with Gasteiger partial charge in [-0.15, -0.1) is 0 Å². The van der Waals surface area contributed by atoms with E-state index in [-0.39, 0.29) is 11.5 Å². The van der Waals surface area contributed by atoms with Crippen molar-refractivity contribution in [1.29, 1.82) is 0 Å². The molecule has 5 rings (SSSR count). The van der Waals surface area contributed by atoms with Gasteiger partial charge in [-0.1, -0.05) is 29.5 Å². The molecule has 2 aromatic heterocycles. The van der Waals surface area contributed by atoms with E-state index in [0.717, 1.165) is 5.56 Å². The van der Waals surface area contributed by atoms with E-state index in [2.05, 4.69) is 15.3 Å². The van der Waals surface area contributed by atoms with E-state index in [1.807, 2.05) is 30.3 Å². The third-order valence-electron chi connectivity index (χ3n) is 6.30. The Balaban J connectivity index is 1.75. The fraction of sp³-hybridized carbons (Fsp3) is 0.172. The number of pyridine rings is 1. The molecule has 10 heteroatoms. The largest absolute Gasteiger partial charge is 0.493 e. The van der Waals surface area contributed by atoms with E-state index in [9.17, 15) is 9.59 Å². The normalized spacial score (nSPS) is 14.9. The fourth-order valence-corrected chi connectivity index (χ4v) is 5.56. The Morgan fingerprint density at radius 3 is 2.28 bits per heavy atom. The summed E-state index contributed by atoms with van der Waals surface area (Å²) in [6.45, 7) is 1.77. The summed E-state index contributed by atoms with van der Waals surface area (Å²) in [7, 11) is 4.56. The minimum atomic E-state index is -0.807. The smallest absolute Gasteiger partial charge is 0.271 e. The third kappa shape index (κ3) is 4.94. The number of hydrogen-bond donors (Lipinski definition) is 1. The molecule has 0 fully saturated rings. The molecule has 1 atom stereocenters. The predicted octanol–water partition coefficient (Wildman–Crippen LogP) is 3.29. The first-order valence-corrected chi connectivity index (χ1v) is 12.9. The summed E-state index contributed by atoms with van der Waals surface area (Å²) in [5, 5.41) is 2.95. The van der Waals surface area contributed by atoms with E-state index in [0.29, 0.717) is 49.1 Å². The number of ether oxygens (including phenoxy) is 3. The van der Waals surface area contributed by atoms with Crippen molar-refractivity contribution >= 4 is 29.0 Å². The number of aromatic nitrogens is 2. The van der Waals surface area contributed by atoms with Crippen LogP contribution in [0.15, 0.2) is 88.0 Å². The molecule has 9 nitrogen and oxygen atoms in total. The zero-order chi connectivity index (χ0) is 27.5. The number of amides is 1. The maximum Gasteiger partial charge on any atom is 0.271 e. The Kier molecular flexibility index (Phi) is 7.29. The Morgan fingerprint density at radius 1 is 1.00 bits per heavy atom. The van der Waals surface area contributed by atoms with Crippen molar-refractivity contribution in [2.45, 2.75) is 13.0 Å². The Labute approximate surface area is 228 Å². The Bertz CT molecular complexity index is 1720. The van der Waals surface area contributed by atoms with Gasteiger partial charge in [0.05, 0.1) is 43.2 Å². The van der Waals surface area contributed by atoms with E-state index in [1.54, 1.807) is 54.2 Å². The highest BCUT2D eigenvalue weighted by atomic mass is 32.1. The lowest BCUT2D eigenvalue weighted by Crippen LogP contribution is -2.40. The Morgan fingerprint density at radius 2 is 1.67 bits per heavy atom. The standard InChI is InChI=1S/C29H26N4O5S/c1-17-24(27(34)32-20-8-6-5-7-9-20)25(19-15-21(36-2)26(38-4)22(16-19)37-3)33-28(35)23(39-29(33)31-17)14-18-10-12-30-13-11-18/h5-16,25H,1-4H3,(H,32,34)/b23-14-/t25-/m1/s1. The van der Waals surface area contributed by atoms with Gasteiger partial charge in [-0.25, -0.2) is 4.99 Å². The van der Waals surface area contributed by atoms with Gasteiger partial charge in [0.2, 0.25) is 5.75 Å². The number of carbonyl (C=O) groups excluding carboxylic acids is 1. The van der Waals surface area contributed by atoms with Gasteiger partial charge in [-0.05, 0) is 60.5 Å². The lowest BCUT2D eigenvalue weighted by atomic mass is 9.94. The number of rotatable bonds is 7. The molecule has 0 unspecified atom stereocenters. The number of methoxy groups -OCH3 is 3. The zero-order valence-electron chi connectivity index (χ0n) is 21.8. The summed E-state index contributed by atoms with van der Waals surface area (Å²) >= 11 is 1.26. The highest BCUT2D eigenvalue weighted by Gasteiger charge is 2.34. The van der Waals surface area contributed by atoms with Crippen LogP contribution < -0.4 is 34.4 Å². The van der Waals surface area contributed by atoms with Crippen LogP contribution in [0.3, 0.4) is 0 Å². The van der Waals surface area contributed by atoms with Crippen LogP contribution in [0, 0.1) is 0 Å². The van der Waals surface area contributed by atoms with Crippen molar-refractivity contribution in [3.05, 3.63) is 109 Å². The molecule has 0 aliphatic carbocycles. The van der Waals surface area contributed by atoms with Crippen LogP contribution in [0.4, 0.5) is 5.69 Å². The van der Waals surface area contributed by atoms with Gasteiger partial charge in [-0.3, -0.25) is 19.1 Å². The summed E-state index contributed by atoms with van der Waals surface area (Å²) < 4.78 is 18.7. The predicted molar refractivity (Wildman–Crippen MR) is 149 cm³/mol. The maximum atomic E-state index is 13.9. The highest BCUT2D eigenvalue weighted by Crippen LogP contribution is 2.42. The summed E-state index contributed by atoms with van der Waals surface area (Å²) in [5.74, 6) is 0.848. The van der Waals surface area contributed by atoms with Crippen molar-refractivity contribution in [2.75, 3.05) is 26.6 Å². The molecule has 1 aliphatic rings. The van der Waals surface area contributed by atoms with Gasteiger partial charge in [0.15, 0.2) is 16.3 Å². The van der Waals surface area contributed by atoms with Crippen molar-refractivity contribution < 1.29 is 19.0 Å². The van der Waals surface area contributed by atoms with Gasteiger partial charge in [-0.2, -0.15) is 0 Å². The number of allylic oxidation sites excluding steroid dienone is 1. The van der Waals surface area contributed by atoms with E-state index >= 15 is 0 Å². The monoisotopic (exact) mass is 542 g/mol. The van der Waals surface area contributed by atoms with Crippen LogP contribution in [0.1, 0.15) is 24.1 Å². The summed E-state index contributed by atoms with van der Waals surface area (Å²) in [5.41, 5.74) is 2.62. The lowest BCUT2D eigenvalue weighted by Gasteiger charge is -2.26. The molecule has 2 aromatic carbocycles. The number of nitrogens with one attached hydrogen (secondary N) is 1. The van der Waals surface area contributed by atoms with Crippen LogP contribution in [0.5, 0.6) is 17.2 Å².